The maximum Gasteiger partial charge on any atom is 0.323 e. The molecule has 0 atom stereocenters. The molecule has 0 fully saturated rings. The van der Waals surface area contributed by atoms with Gasteiger partial charge in [-0.15, -0.1) is 0 Å². The fourth-order valence-corrected chi connectivity index (χ4v) is 2.50. The molecule has 0 radical (unpaired) electrons. The van der Waals surface area contributed by atoms with Gasteiger partial charge in [0, 0.05) is 12.4 Å². The number of urea groups is 1. The summed E-state index contributed by atoms with van der Waals surface area (Å²) in [4.78, 5) is 20.8. The van der Waals surface area contributed by atoms with E-state index in [1.54, 1.807) is 42.7 Å². The number of halogens is 1. The van der Waals surface area contributed by atoms with Gasteiger partial charge in [0.1, 0.15) is 0 Å². The Bertz CT molecular complexity index is 1150. The maximum absolute atomic E-state index is 12.3. The first-order chi connectivity index (χ1) is 13.5. The first-order valence-corrected chi connectivity index (χ1v) is 8.61. The Hall–Kier alpha value is -3.71. The van der Waals surface area contributed by atoms with Crippen molar-refractivity contribution in [1.29, 1.82) is 0 Å². The van der Waals surface area contributed by atoms with E-state index in [2.05, 4.69) is 38.9 Å². The van der Waals surface area contributed by atoms with Crippen LogP contribution in [0.4, 0.5) is 16.2 Å². The van der Waals surface area contributed by atoms with Crippen LogP contribution in [0.2, 0.25) is 5.02 Å². The van der Waals surface area contributed by atoms with Gasteiger partial charge in [-0.05, 0) is 29.5 Å². The maximum atomic E-state index is 12.3. The minimum absolute atomic E-state index is 0.350. The molecule has 2 amide bonds. The van der Waals surface area contributed by atoms with E-state index < -0.39 is 6.03 Å². The molecule has 7 nitrogen and oxygen atoms in total. The van der Waals surface area contributed by atoms with Crippen molar-refractivity contribution in [2.24, 2.45) is 0 Å². The number of hydrogen-bond donors (Lipinski definition) is 2. The average molecular weight is 393 g/mol. The van der Waals surface area contributed by atoms with Crippen molar-refractivity contribution in [1.82, 2.24) is 19.7 Å². The largest absolute Gasteiger partial charge is 0.323 e. The summed E-state index contributed by atoms with van der Waals surface area (Å²) in [5.41, 5.74) is 0.887. The lowest BCUT2D eigenvalue weighted by molar-refractivity contribution is 0.262. The molecule has 0 spiro atoms. The molecule has 0 aliphatic heterocycles. The van der Waals surface area contributed by atoms with Gasteiger partial charge in [0.15, 0.2) is 5.82 Å². The number of carbonyl (C=O) groups is 1. The van der Waals surface area contributed by atoms with E-state index in [0.717, 1.165) is 0 Å². The Morgan fingerprint density at radius 2 is 1.71 bits per heavy atom. The van der Waals surface area contributed by atoms with Crippen LogP contribution in [0.3, 0.4) is 0 Å². The van der Waals surface area contributed by atoms with Crippen molar-refractivity contribution >= 4 is 42.2 Å². The van der Waals surface area contributed by atoms with E-state index >= 15 is 0 Å². The quantitative estimate of drug-likeness (QED) is 0.717. The summed E-state index contributed by atoms with van der Waals surface area (Å²) in [7, 11) is 0. The number of nitrogens with one attached hydrogen (secondary N) is 2. The SMILES string of the molecule is C=c1ccccc(=C)ncc(NC(=O)Nc2cnc(-n3cccn3)c(Cl)c2)c1. The van der Waals surface area contributed by atoms with Gasteiger partial charge >= 0.3 is 6.03 Å². The molecule has 0 saturated heterocycles. The summed E-state index contributed by atoms with van der Waals surface area (Å²) in [6.07, 6.45) is 6.35. The van der Waals surface area contributed by atoms with Crippen LogP contribution in [0.15, 0.2) is 67.3 Å². The molecular formula is C20H17ClN6O. The van der Waals surface area contributed by atoms with Crippen LogP contribution in [-0.2, 0) is 0 Å². The molecule has 0 unspecified atom stereocenters. The van der Waals surface area contributed by atoms with Crippen molar-refractivity contribution in [3.05, 3.63) is 82.8 Å². The van der Waals surface area contributed by atoms with Crippen molar-refractivity contribution in [3.63, 3.8) is 0 Å². The number of carbonyl (C=O) groups excluding carboxylic acids is 1. The molecule has 0 saturated carbocycles. The molecule has 28 heavy (non-hydrogen) atoms. The zero-order valence-corrected chi connectivity index (χ0v) is 15.6. The molecule has 0 bridgehead atoms. The normalized spacial score (nSPS) is 10.0. The van der Waals surface area contributed by atoms with Crippen LogP contribution in [0, 0.1) is 0 Å². The van der Waals surface area contributed by atoms with Crippen LogP contribution in [0.25, 0.3) is 19.0 Å². The molecule has 0 aliphatic rings. The van der Waals surface area contributed by atoms with Gasteiger partial charge in [-0.25, -0.2) is 14.5 Å². The molecule has 3 rings (SSSR count). The highest BCUT2D eigenvalue weighted by atomic mass is 35.5. The summed E-state index contributed by atoms with van der Waals surface area (Å²) in [6.45, 7) is 7.71. The summed E-state index contributed by atoms with van der Waals surface area (Å²) >= 11 is 6.24. The zero-order chi connectivity index (χ0) is 19.9. The van der Waals surface area contributed by atoms with E-state index in [1.807, 2.05) is 12.1 Å². The van der Waals surface area contributed by atoms with Crippen LogP contribution < -0.4 is 21.2 Å². The summed E-state index contributed by atoms with van der Waals surface area (Å²) in [5.74, 6) is 0.467. The molecule has 3 heterocycles. The standard InChI is InChI=1S/C20H17ClN6O/c1-14-6-3-4-7-15(2)22-12-16(10-14)25-20(28)26-17-11-18(21)19(23-13-17)27-9-5-8-24-27/h3-13H,1-2H2,(H2,25,26,28). The average Bonchev–Trinajstić information content (AvgIpc) is 3.17. The van der Waals surface area contributed by atoms with E-state index in [0.29, 0.717) is 32.8 Å². The van der Waals surface area contributed by atoms with Gasteiger partial charge in [0.2, 0.25) is 0 Å². The minimum atomic E-state index is -0.475. The van der Waals surface area contributed by atoms with Gasteiger partial charge in [-0.3, -0.25) is 4.98 Å². The van der Waals surface area contributed by atoms with Crippen LogP contribution >= 0.6 is 11.6 Å². The third-order valence-corrected chi connectivity index (χ3v) is 3.76. The molecule has 8 heteroatoms. The predicted molar refractivity (Wildman–Crippen MR) is 111 cm³/mol. The van der Waals surface area contributed by atoms with Gasteiger partial charge in [-0.2, -0.15) is 5.10 Å². The Balaban J connectivity index is 1.79. The second kappa shape index (κ2) is 8.79. The first-order valence-electron chi connectivity index (χ1n) is 8.23. The molecule has 3 aromatic heterocycles. The molecule has 0 aliphatic carbocycles. The number of nitrogens with zero attached hydrogens (tertiary/aromatic N) is 4. The fraction of sp³-hybridized carbons (Fsp3) is 0. The van der Waals surface area contributed by atoms with E-state index in [9.17, 15) is 4.79 Å². The monoisotopic (exact) mass is 392 g/mol. The molecule has 2 N–H and O–H groups in total. The topological polar surface area (TPSA) is 84.7 Å². The lowest BCUT2D eigenvalue weighted by Crippen LogP contribution is -2.20. The van der Waals surface area contributed by atoms with Gasteiger partial charge in [0.05, 0.1) is 34.1 Å². The van der Waals surface area contributed by atoms with E-state index in [4.69, 9.17) is 11.6 Å². The second-order valence-electron chi connectivity index (χ2n) is 5.70. The molecule has 140 valence electrons. The highest BCUT2D eigenvalue weighted by Gasteiger charge is 2.08. The minimum Gasteiger partial charge on any atom is -0.306 e. The van der Waals surface area contributed by atoms with Crippen molar-refractivity contribution in [2.45, 2.75) is 0 Å². The zero-order valence-electron chi connectivity index (χ0n) is 14.8. The molecular weight excluding hydrogens is 376 g/mol. The highest BCUT2D eigenvalue weighted by Crippen LogP contribution is 2.21. The Kier molecular flexibility index (Phi) is 5.98. The third kappa shape index (κ3) is 5.15. The lowest BCUT2D eigenvalue weighted by Gasteiger charge is -2.09. The first kappa shape index (κ1) is 19.1. The summed E-state index contributed by atoms with van der Waals surface area (Å²) in [6, 6.07) is 11.8. The van der Waals surface area contributed by atoms with Gasteiger partial charge < -0.3 is 10.6 Å². The Morgan fingerprint density at radius 3 is 2.43 bits per heavy atom. The van der Waals surface area contributed by atoms with Crippen molar-refractivity contribution < 1.29 is 4.79 Å². The number of rotatable bonds is 3. The Labute approximate surface area is 166 Å². The summed E-state index contributed by atoms with van der Waals surface area (Å²) in [5, 5.41) is 11.1. The fourth-order valence-electron chi connectivity index (χ4n) is 2.25. The number of aromatic nitrogens is 4. The van der Waals surface area contributed by atoms with E-state index in [-0.39, 0.29) is 0 Å². The van der Waals surface area contributed by atoms with E-state index in [1.165, 1.54) is 17.1 Å². The molecule has 0 aromatic carbocycles. The third-order valence-electron chi connectivity index (χ3n) is 3.48. The smallest absolute Gasteiger partial charge is 0.306 e. The van der Waals surface area contributed by atoms with Gasteiger partial charge in [0.25, 0.3) is 0 Å². The number of hydrogen-bond acceptors (Lipinski definition) is 4. The van der Waals surface area contributed by atoms with Crippen molar-refractivity contribution in [2.75, 3.05) is 10.6 Å². The van der Waals surface area contributed by atoms with Crippen LogP contribution in [-0.4, -0.2) is 25.8 Å². The second-order valence-corrected chi connectivity index (χ2v) is 6.11. The highest BCUT2D eigenvalue weighted by molar-refractivity contribution is 6.32. The van der Waals surface area contributed by atoms with Crippen LogP contribution in [0.5, 0.6) is 0 Å². The van der Waals surface area contributed by atoms with Gasteiger partial charge in [-0.1, -0.05) is 43.0 Å². The van der Waals surface area contributed by atoms with Crippen molar-refractivity contribution in [3.8, 4) is 5.82 Å². The number of anilines is 2. The predicted octanol–water partition coefficient (Wildman–Crippen LogP) is 2.90. The lowest BCUT2D eigenvalue weighted by atomic mass is 10.3. The number of pyridine rings is 1. The van der Waals surface area contributed by atoms with Crippen LogP contribution in [0.1, 0.15) is 0 Å². The molecule has 3 aromatic rings. The Morgan fingerprint density at radius 1 is 1.00 bits per heavy atom. The summed E-state index contributed by atoms with van der Waals surface area (Å²) < 4.78 is 1.54. The number of amides is 2.